The van der Waals surface area contributed by atoms with Gasteiger partial charge in [0.25, 0.3) is 0 Å². The monoisotopic (exact) mass is 287 g/mol. The second-order valence-corrected chi connectivity index (χ2v) is 7.00. The van der Waals surface area contributed by atoms with Crippen molar-refractivity contribution in [2.45, 2.75) is 24.8 Å². The molecule has 2 N–H and O–H groups in total. The summed E-state index contributed by atoms with van der Waals surface area (Å²) in [7, 11) is -0.502. The molecule has 1 unspecified atom stereocenters. The Labute approximate surface area is 114 Å². The van der Waals surface area contributed by atoms with E-state index in [9.17, 15) is 13.5 Å². The summed E-state index contributed by atoms with van der Waals surface area (Å²) in [5, 5.41) is 12.3. The van der Waals surface area contributed by atoms with Gasteiger partial charge in [0, 0.05) is 20.3 Å². The third kappa shape index (κ3) is 3.89. The number of sulfonamides is 1. The topological polar surface area (TPSA) is 82.5 Å². The zero-order valence-electron chi connectivity index (χ0n) is 11.7. The van der Waals surface area contributed by atoms with Gasteiger partial charge in [-0.2, -0.15) is 0 Å². The Kier molecular flexibility index (Phi) is 5.28. The van der Waals surface area contributed by atoms with Crippen LogP contribution in [0.15, 0.2) is 23.2 Å². The van der Waals surface area contributed by atoms with E-state index < -0.39 is 10.0 Å². The third-order valence-corrected chi connectivity index (χ3v) is 4.65. The molecule has 0 aromatic carbocycles. The Bertz CT molecular complexity index is 497. The number of aliphatic hydroxyl groups excluding tert-OH is 1. The number of aromatic nitrogens is 1. The molecule has 0 fully saturated rings. The zero-order valence-corrected chi connectivity index (χ0v) is 12.5. The molecule has 0 aliphatic carbocycles. The van der Waals surface area contributed by atoms with Gasteiger partial charge in [-0.05, 0) is 18.1 Å². The molecule has 7 heteroatoms. The van der Waals surface area contributed by atoms with Gasteiger partial charge >= 0.3 is 0 Å². The molecule has 0 amide bonds. The van der Waals surface area contributed by atoms with Gasteiger partial charge in [0.2, 0.25) is 10.0 Å². The van der Waals surface area contributed by atoms with E-state index in [4.69, 9.17) is 0 Å². The van der Waals surface area contributed by atoms with Crippen molar-refractivity contribution in [1.29, 1.82) is 0 Å². The molecule has 0 radical (unpaired) electrons. The first kappa shape index (κ1) is 15.9. The van der Waals surface area contributed by atoms with Crippen LogP contribution in [0.5, 0.6) is 0 Å². The summed E-state index contributed by atoms with van der Waals surface area (Å²) in [6.45, 7) is 3.97. The van der Waals surface area contributed by atoms with Gasteiger partial charge in [-0.3, -0.25) is 0 Å². The summed E-state index contributed by atoms with van der Waals surface area (Å²) in [6.07, 6.45) is 1.31. The van der Waals surface area contributed by atoms with Gasteiger partial charge in [0.15, 0.2) is 0 Å². The first-order valence-electron chi connectivity index (χ1n) is 6.05. The molecule has 1 aromatic rings. The van der Waals surface area contributed by atoms with Crippen LogP contribution < -0.4 is 5.32 Å². The Morgan fingerprint density at radius 2 is 2.00 bits per heavy atom. The summed E-state index contributed by atoms with van der Waals surface area (Å²) in [4.78, 5) is 4.22. The molecule has 19 heavy (non-hydrogen) atoms. The van der Waals surface area contributed by atoms with E-state index >= 15 is 0 Å². The second-order valence-electron chi connectivity index (χ2n) is 4.84. The van der Waals surface area contributed by atoms with E-state index in [0.29, 0.717) is 5.82 Å². The van der Waals surface area contributed by atoms with Crippen LogP contribution in [0.3, 0.4) is 0 Å². The van der Waals surface area contributed by atoms with E-state index in [1.165, 1.54) is 26.4 Å². The van der Waals surface area contributed by atoms with Gasteiger partial charge in [-0.25, -0.2) is 17.7 Å². The number of nitrogens with zero attached hydrogens (tertiary/aromatic N) is 2. The number of hydrogen-bond acceptors (Lipinski definition) is 5. The van der Waals surface area contributed by atoms with Crippen molar-refractivity contribution in [3.05, 3.63) is 18.3 Å². The minimum absolute atomic E-state index is 0.00288. The van der Waals surface area contributed by atoms with Crippen LogP contribution in [0.2, 0.25) is 0 Å². The van der Waals surface area contributed by atoms with Crippen LogP contribution in [0.4, 0.5) is 5.82 Å². The highest BCUT2D eigenvalue weighted by molar-refractivity contribution is 7.89. The number of pyridine rings is 1. The molecule has 6 nitrogen and oxygen atoms in total. The first-order chi connectivity index (χ1) is 8.78. The smallest absolute Gasteiger partial charge is 0.244 e. The van der Waals surface area contributed by atoms with Gasteiger partial charge in [0.1, 0.15) is 10.7 Å². The maximum Gasteiger partial charge on any atom is 0.244 e. The van der Waals surface area contributed by atoms with Crippen LogP contribution in [0, 0.1) is 5.92 Å². The average molecular weight is 287 g/mol. The number of rotatable bonds is 6. The third-order valence-electron chi connectivity index (χ3n) is 2.85. The van der Waals surface area contributed by atoms with Gasteiger partial charge in [-0.1, -0.05) is 13.8 Å². The lowest BCUT2D eigenvalue weighted by Crippen LogP contribution is -2.30. The van der Waals surface area contributed by atoms with E-state index in [1.54, 1.807) is 6.07 Å². The normalized spacial score (nSPS) is 13.8. The fraction of sp³-hybridized carbons (Fsp3) is 0.583. The van der Waals surface area contributed by atoms with Gasteiger partial charge in [-0.15, -0.1) is 0 Å². The molecular formula is C12H21N3O3S. The van der Waals surface area contributed by atoms with Crippen molar-refractivity contribution in [3.8, 4) is 0 Å². The highest BCUT2D eigenvalue weighted by atomic mass is 32.2. The Morgan fingerprint density at radius 3 is 2.37 bits per heavy atom. The molecule has 1 atom stereocenters. The van der Waals surface area contributed by atoms with Crippen LogP contribution in [0.25, 0.3) is 0 Å². The lowest BCUT2D eigenvalue weighted by atomic mass is 10.1. The summed E-state index contributed by atoms with van der Waals surface area (Å²) < 4.78 is 24.9. The molecule has 0 aliphatic rings. The summed E-state index contributed by atoms with van der Waals surface area (Å²) >= 11 is 0. The zero-order chi connectivity index (χ0) is 14.6. The van der Waals surface area contributed by atoms with Crippen molar-refractivity contribution in [2.75, 3.05) is 26.0 Å². The van der Waals surface area contributed by atoms with Gasteiger partial charge in [0.05, 0.1) is 12.6 Å². The van der Waals surface area contributed by atoms with Crippen molar-refractivity contribution in [3.63, 3.8) is 0 Å². The summed E-state index contributed by atoms with van der Waals surface area (Å²) in [6, 6.07) is 2.99. The second kappa shape index (κ2) is 6.31. The van der Waals surface area contributed by atoms with Crippen molar-refractivity contribution >= 4 is 15.8 Å². The highest BCUT2D eigenvalue weighted by Crippen LogP contribution is 2.15. The van der Waals surface area contributed by atoms with E-state index in [1.807, 2.05) is 13.8 Å². The number of anilines is 1. The minimum atomic E-state index is -3.45. The Hall–Kier alpha value is -1.18. The molecule has 0 saturated carbocycles. The van der Waals surface area contributed by atoms with E-state index in [0.717, 1.165) is 4.31 Å². The van der Waals surface area contributed by atoms with Crippen LogP contribution in [-0.4, -0.2) is 49.6 Å². The maximum atomic E-state index is 11.9. The average Bonchev–Trinajstić information content (AvgIpc) is 2.35. The molecule has 1 aromatic heterocycles. The number of nitrogens with one attached hydrogen (secondary N) is 1. The van der Waals surface area contributed by atoms with Crippen LogP contribution >= 0.6 is 0 Å². The molecule has 108 valence electrons. The fourth-order valence-electron chi connectivity index (χ4n) is 1.44. The number of aliphatic hydroxyl groups is 1. The summed E-state index contributed by atoms with van der Waals surface area (Å²) in [5.74, 6) is 0.794. The molecule has 0 bridgehead atoms. The number of hydrogen-bond donors (Lipinski definition) is 2. The molecular weight excluding hydrogens is 266 g/mol. The van der Waals surface area contributed by atoms with E-state index in [2.05, 4.69) is 10.3 Å². The van der Waals surface area contributed by atoms with Crippen molar-refractivity contribution in [2.24, 2.45) is 5.92 Å². The lowest BCUT2D eigenvalue weighted by molar-refractivity contribution is 0.249. The van der Waals surface area contributed by atoms with Crippen molar-refractivity contribution < 1.29 is 13.5 Å². The molecule has 1 heterocycles. The molecule has 1 rings (SSSR count). The SMILES string of the molecule is CC(C)C(CO)Nc1ccc(S(=O)(=O)N(C)C)cn1. The quantitative estimate of drug-likeness (QED) is 0.807. The fourth-order valence-corrected chi connectivity index (χ4v) is 2.29. The standard InChI is InChI=1S/C12H21N3O3S/c1-9(2)11(8-16)14-12-6-5-10(7-13-12)19(17,18)15(3)4/h5-7,9,11,16H,8H2,1-4H3,(H,13,14). The largest absolute Gasteiger partial charge is 0.394 e. The van der Waals surface area contributed by atoms with Crippen LogP contribution in [-0.2, 0) is 10.0 Å². The van der Waals surface area contributed by atoms with E-state index in [-0.39, 0.29) is 23.5 Å². The van der Waals surface area contributed by atoms with Crippen LogP contribution in [0.1, 0.15) is 13.8 Å². The highest BCUT2D eigenvalue weighted by Gasteiger charge is 2.18. The molecule has 0 saturated heterocycles. The molecule has 0 spiro atoms. The minimum Gasteiger partial charge on any atom is -0.394 e. The first-order valence-corrected chi connectivity index (χ1v) is 7.49. The molecule has 0 aliphatic heterocycles. The Morgan fingerprint density at radius 1 is 1.37 bits per heavy atom. The predicted octanol–water partition coefficient (Wildman–Crippen LogP) is 0.761. The Balaban J connectivity index is 2.89. The van der Waals surface area contributed by atoms with Gasteiger partial charge < -0.3 is 10.4 Å². The maximum absolute atomic E-state index is 11.9. The summed E-state index contributed by atoms with van der Waals surface area (Å²) in [5.41, 5.74) is 0. The predicted molar refractivity (Wildman–Crippen MR) is 74.4 cm³/mol. The lowest BCUT2D eigenvalue weighted by Gasteiger charge is -2.20. The van der Waals surface area contributed by atoms with Crippen molar-refractivity contribution in [1.82, 2.24) is 9.29 Å².